The van der Waals surface area contributed by atoms with E-state index in [0.717, 1.165) is 36.8 Å². The molecule has 1 aliphatic carbocycles. The van der Waals surface area contributed by atoms with Crippen molar-refractivity contribution >= 4 is 54.4 Å². The molecule has 4 aromatic rings. The third-order valence-corrected chi connectivity index (χ3v) is 12.9. The van der Waals surface area contributed by atoms with E-state index in [-0.39, 0.29) is 70.1 Å². The number of nitrogens with one attached hydrogen (secondary N) is 4. The SMILES string of the molecule is CCCCc1ccc(Nc2ccc(Nc3ccc(CCCC)cc3S(=O)(=O)NCCC(O)CO)c3c2C(=O)c2ccccc2C3=O)c(CS(=O)(=O)NCCC(O)CO)c1. The van der Waals surface area contributed by atoms with Crippen LogP contribution in [0.2, 0.25) is 0 Å². The van der Waals surface area contributed by atoms with E-state index in [1.165, 1.54) is 0 Å². The maximum atomic E-state index is 14.4. The first kappa shape index (κ1) is 45.6. The quantitative estimate of drug-likeness (QED) is 0.0443. The van der Waals surface area contributed by atoms with Gasteiger partial charge >= 0.3 is 0 Å². The zero-order valence-corrected chi connectivity index (χ0v) is 35.0. The van der Waals surface area contributed by atoms with Crippen LogP contribution in [0.3, 0.4) is 0 Å². The summed E-state index contributed by atoms with van der Waals surface area (Å²) >= 11 is 0. The van der Waals surface area contributed by atoms with E-state index in [1.807, 2.05) is 13.0 Å². The summed E-state index contributed by atoms with van der Waals surface area (Å²) in [5.74, 6) is -1.39. The standard InChI is InChI=1S/C43H54N4O10S2/c1-3-5-9-28-13-15-35(30(23-28)27-58(54,55)44-21-19-31(50)25-48)46-37-17-18-38(41-40(37)42(52)33-11-7-8-12-34(33)43(41)53)47-36-16-14-29(10-6-4-2)24-39(36)59(56,57)45-22-20-32(51)26-49/h7-8,11-18,23-24,31-32,44-51H,3-6,9-10,19-22,25-27H2,1-2H3. The van der Waals surface area contributed by atoms with Gasteiger partial charge < -0.3 is 31.1 Å². The van der Waals surface area contributed by atoms with E-state index in [1.54, 1.807) is 66.7 Å². The number of hydrogen-bond donors (Lipinski definition) is 8. The first-order chi connectivity index (χ1) is 28.2. The summed E-state index contributed by atoms with van der Waals surface area (Å²) in [5, 5.41) is 44.3. The van der Waals surface area contributed by atoms with Crippen LogP contribution in [0.1, 0.15) is 101 Å². The van der Waals surface area contributed by atoms with Crippen molar-refractivity contribution in [3.05, 3.63) is 112 Å². The molecule has 0 heterocycles. The zero-order valence-electron chi connectivity index (χ0n) is 33.3. The third-order valence-electron chi connectivity index (χ3n) is 10.1. The van der Waals surface area contributed by atoms with Crippen LogP contribution in [0.15, 0.2) is 77.7 Å². The van der Waals surface area contributed by atoms with E-state index in [0.29, 0.717) is 24.1 Å². The number of fused-ring (bicyclic) bond motifs is 2. The summed E-state index contributed by atoms with van der Waals surface area (Å²) in [7, 11) is -8.13. The minimum absolute atomic E-state index is 0.00557. The number of rotatable bonds is 23. The van der Waals surface area contributed by atoms with Crippen molar-refractivity contribution in [2.45, 2.75) is 88.1 Å². The molecule has 0 spiro atoms. The largest absolute Gasteiger partial charge is 0.394 e. The van der Waals surface area contributed by atoms with Gasteiger partial charge in [0.25, 0.3) is 0 Å². The number of hydrogen-bond acceptors (Lipinski definition) is 12. The molecule has 0 aromatic heterocycles. The Morgan fingerprint density at radius 2 is 1.08 bits per heavy atom. The maximum absolute atomic E-state index is 14.4. The molecule has 0 saturated carbocycles. The Morgan fingerprint density at radius 1 is 0.610 bits per heavy atom. The van der Waals surface area contributed by atoms with Crippen molar-refractivity contribution in [3.8, 4) is 0 Å². The van der Waals surface area contributed by atoms with Crippen LogP contribution in [-0.4, -0.2) is 87.3 Å². The van der Waals surface area contributed by atoms with Gasteiger partial charge in [-0.15, -0.1) is 0 Å². The molecule has 16 heteroatoms. The molecule has 0 radical (unpaired) electrons. The number of unbranched alkanes of at least 4 members (excludes halogenated alkanes) is 2. The Balaban J connectivity index is 1.59. The van der Waals surface area contributed by atoms with Gasteiger partial charge in [0, 0.05) is 29.9 Å². The average Bonchev–Trinajstić information content (AvgIpc) is 3.22. The highest BCUT2D eigenvalue weighted by atomic mass is 32.2. The van der Waals surface area contributed by atoms with Crippen LogP contribution in [0.25, 0.3) is 0 Å². The van der Waals surface area contributed by atoms with Crippen LogP contribution in [0.5, 0.6) is 0 Å². The molecule has 14 nitrogen and oxygen atoms in total. The van der Waals surface area contributed by atoms with Crippen molar-refractivity contribution < 1.29 is 46.9 Å². The summed E-state index contributed by atoms with van der Waals surface area (Å²) in [6.45, 7) is 2.82. The molecule has 0 fully saturated rings. The predicted octanol–water partition coefficient (Wildman–Crippen LogP) is 4.82. The molecule has 4 aromatic carbocycles. The fourth-order valence-corrected chi connectivity index (χ4v) is 9.27. The number of anilines is 4. The van der Waals surface area contributed by atoms with Gasteiger partial charge in [-0.2, -0.15) is 0 Å². The third kappa shape index (κ3) is 11.6. The second-order valence-corrected chi connectivity index (χ2v) is 18.2. The van der Waals surface area contributed by atoms with Crippen molar-refractivity contribution in [2.75, 3.05) is 36.9 Å². The molecule has 318 valence electrons. The van der Waals surface area contributed by atoms with Crippen LogP contribution >= 0.6 is 0 Å². The number of aryl methyl sites for hydroxylation is 2. The number of sulfonamides is 2. The van der Waals surface area contributed by atoms with Gasteiger partial charge in [-0.1, -0.05) is 69.2 Å². The summed E-state index contributed by atoms with van der Waals surface area (Å²) in [5.41, 5.74) is 3.33. The maximum Gasteiger partial charge on any atom is 0.242 e. The molecule has 59 heavy (non-hydrogen) atoms. The lowest BCUT2D eigenvalue weighted by Gasteiger charge is -2.25. The van der Waals surface area contributed by atoms with Gasteiger partial charge in [0.05, 0.1) is 59.4 Å². The number of carbonyl (C=O) groups is 2. The van der Waals surface area contributed by atoms with Gasteiger partial charge in [-0.25, -0.2) is 26.3 Å². The number of benzene rings is 4. The van der Waals surface area contributed by atoms with Crippen LogP contribution in [0.4, 0.5) is 22.7 Å². The Hall–Kier alpha value is -4.52. The summed E-state index contributed by atoms with van der Waals surface area (Å²) < 4.78 is 59.1. The van der Waals surface area contributed by atoms with Crippen LogP contribution in [0, 0.1) is 0 Å². The Morgan fingerprint density at radius 3 is 1.61 bits per heavy atom. The molecule has 8 N–H and O–H groups in total. The zero-order chi connectivity index (χ0) is 42.7. The lowest BCUT2D eigenvalue weighted by atomic mass is 9.82. The monoisotopic (exact) mass is 850 g/mol. The summed E-state index contributed by atoms with van der Waals surface area (Å²) in [6.07, 6.45) is 2.65. The normalized spacial score (nSPS) is 13.8. The number of ketones is 2. The van der Waals surface area contributed by atoms with Gasteiger partial charge in [0.15, 0.2) is 11.6 Å². The van der Waals surface area contributed by atoms with E-state index in [2.05, 4.69) is 27.0 Å². The lowest BCUT2D eigenvalue weighted by molar-refractivity contribution is 0.0894. The van der Waals surface area contributed by atoms with Gasteiger partial charge in [0.2, 0.25) is 20.0 Å². The smallest absolute Gasteiger partial charge is 0.242 e. The van der Waals surface area contributed by atoms with E-state index < -0.39 is 62.8 Å². The van der Waals surface area contributed by atoms with E-state index >= 15 is 0 Å². The minimum atomic E-state index is -4.19. The van der Waals surface area contributed by atoms with E-state index in [9.17, 15) is 41.7 Å². The number of aliphatic hydroxyl groups excluding tert-OH is 4. The minimum Gasteiger partial charge on any atom is -0.394 e. The van der Waals surface area contributed by atoms with Gasteiger partial charge in [0.1, 0.15) is 4.90 Å². The average molecular weight is 851 g/mol. The molecule has 2 atom stereocenters. The van der Waals surface area contributed by atoms with Crippen molar-refractivity contribution in [1.82, 2.24) is 9.44 Å². The fourth-order valence-electron chi connectivity index (χ4n) is 6.83. The molecule has 5 rings (SSSR count). The first-order valence-electron chi connectivity index (χ1n) is 19.9. The highest BCUT2D eigenvalue weighted by Crippen LogP contribution is 2.40. The number of carbonyl (C=O) groups excluding carboxylic acids is 2. The van der Waals surface area contributed by atoms with Crippen molar-refractivity contribution in [2.24, 2.45) is 0 Å². The van der Waals surface area contributed by atoms with Crippen molar-refractivity contribution in [1.29, 1.82) is 0 Å². The summed E-state index contributed by atoms with van der Waals surface area (Å²) in [6, 6.07) is 19.9. The molecule has 0 bridgehead atoms. The molecular formula is C43H54N4O10S2. The fraction of sp³-hybridized carbons (Fsp3) is 0.395. The van der Waals surface area contributed by atoms with Crippen LogP contribution in [-0.2, 0) is 38.6 Å². The van der Waals surface area contributed by atoms with Crippen molar-refractivity contribution in [3.63, 3.8) is 0 Å². The molecule has 2 unspecified atom stereocenters. The topological polar surface area (TPSA) is 231 Å². The van der Waals surface area contributed by atoms with Crippen LogP contribution < -0.4 is 20.1 Å². The lowest BCUT2D eigenvalue weighted by Crippen LogP contribution is -2.29. The molecule has 0 amide bonds. The van der Waals surface area contributed by atoms with E-state index in [4.69, 9.17) is 5.11 Å². The Bertz CT molecular complexity index is 2350. The number of aliphatic hydroxyl groups is 4. The Labute approximate surface area is 346 Å². The van der Waals surface area contributed by atoms with Gasteiger partial charge in [-0.3, -0.25) is 9.59 Å². The highest BCUT2D eigenvalue weighted by molar-refractivity contribution is 7.89. The molecule has 0 aliphatic heterocycles. The first-order valence-corrected chi connectivity index (χ1v) is 23.0. The van der Waals surface area contributed by atoms with Gasteiger partial charge in [-0.05, 0) is 85.5 Å². The molecule has 1 aliphatic rings. The predicted molar refractivity (Wildman–Crippen MR) is 228 cm³/mol. The molecular weight excluding hydrogens is 797 g/mol. The second kappa shape index (κ2) is 20.6. The second-order valence-electron chi connectivity index (χ2n) is 14.7. The highest BCUT2D eigenvalue weighted by Gasteiger charge is 2.35. The molecule has 0 saturated heterocycles. The Kier molecular flexibility index (Phi) is 15.9. The summed E-state index contributed by atoms with van der Waals surface area (Å²) in [4.78, 5) is 28.7.